The van der Waals surface area contributed by atoms with Crippen molar-refractivity contribution in [2.75, 3.05) is 4.90 Å². The molecule has 0 amide bonds. The van der Waals surface area contributed by atoms with E-state index < -0.39 is 0 Å². The van der Waals surface area contributed by atoms with E-state index in [-0.39, 0.29) is 18.4 Å². The van der Waals surface area contributed by atoms with Crippen LogP contribution in [0.1, 0.15) is 25.0 Å². The summed E-state index contributed by atoms with van der Waals surface area (Å²) in [5.74, 6) is -0.233. The predicted octanol–water partition coefficient (Wildman–Crippen LogP) is 3.70. The summed E-state index contributed by atoms with van der Waals surface area (Å²) in [5.41, 5.74) is 8.38. The minimum absolute atomic E-state index is 0.208. The van der Waals surface area contributed by atoms with Crippen molar-refractivity contribution in [1.82, 2.24) is 0 Å². The number of rotatable bonds is 5. The van der Waals surface area contributed by atoms with E-state index in [1.54, 1.807) is 6.07 Å². The molecule has 0 radical (unpaired) electrons. The molecule has 0 spiro atoms. The first-order chi connectivity index (χ1) is 9.63. The summed E-state index contributed by atoms with van der Waals surface area (Å²) < 4.78 is 13.9. The van der Waals surface area contributed by atoms with E-state index in [1.165, 1.54) is 11.6 Å². The molecule has 3 heteroatoms. The van der Waals surface area contributed by atoms with E-state index in [0.29, 0.717) is 5.56 Å². The predicted molar refractivity (Wildman–Crippen MR) is 82.1 cm³/mol. The minimum atomic E-state index is -0.233. The van der Waals surface area contributed by atoms with Gasteiger partial charge >= 0.3 is 0 Å². The van der Waals surface area contributed by atoms with Crippen LogP contribution in [0.25, 0.3) is 0 Å². The second-order valence-corrected chi connectivity index (χ2v) is 5.15. The van der Waals surface area contributed by atoms with Gasteiger partial charge in [0.2, 0.25) is 0 Å². The van der Waals surface area contributed by atoms with Gasteiger partial charge < -0.3 is 10.6 Å². The molecule has 0 aromatic heterocycles. The van der Waals surface area contributed by atoms with Crippen molar-refractivity contribution in [3.8, 4) is 0 Å². The Balaban J connectivity index is 2.37. The second-order valence-electron chi connectivity index (χ2n) is 5.15. The van der Waals surface area contributed by atoms with Gasteiger partial charge in [0.25, 0.3) is 0 Å². The first kappa shape index (κ1) is 14.5. The highest BCUT2D eigenvalue weighted by atomic mass is 19.1. The number of hydrogen-bond acceptors (Lipinski definition) is 2. The standard InChI is InChI=1S/C17H21FN2/c1-13(2)20(12-14-7-4-3-5-8-14)17-10-6-9-16(18)15(17)11-19/h3-10,13H,11-12,19H2,1-2H3. The Hall–Kier alpha value is -1.87. The van der Waals surface area contributed by atoms with Gasteiger partial charge in [-0.15, -0.1) is 0 Å². The number of nitrogens with zero attached hydrogens (tertiary/aromatic N) is 1. The van der Waals surface area contributed by atoms with Crippen LogP contribution in [0.4, 0.5) is 10.1 Å². The first-order valence-corrected chi connectivity index (χ1v) is 6.91. The third-order valence-corrected chi connectivity index (χ3v) is 3.43. The fourth-order valence-electron chi connectivity index (χ4n) is 2.34. The van der Waals surface area contributed by atoms with Crippen LogP contribution in [0, 0.1) is 5.82 Å². The van der Waals surface area contributed by atoms with Gasteiger partial charge in [0.15, 0.2) is 0 Å². The lowest BCUT2D eigenvalue weighted by Gasteiger charge is -2.31. The van der Waals surface area contributed by atoms with E-state index in [2.05, 4.69) is 30.9 Å². The highest BCUT2D eigenvalue weighted by molar-refractivity contribution is 5.55. The molecule has 0 saturated heterocycles. The molecule has 0 bridgehead atoms. The molecule has 0 aliphatic heterocycles. The Morgan fingerprint density at radius 2 is 1.75 bits per heavy atom. The lowest BCUT2D eigenvalue weighted by atomic mass is 10.1. The summed E-state index contributed by atoms with van der Waals surface area (Å²) in [6.45, 7) is 5.16. The molecule has 0 fully saturated rings. The van der Waals surface area contributed by atoms with E-state index in [9.17, 15) is 4.39 Å². The third-order valence-electron chi connectivity index (χ3n) is 3.43. The zero-order valence-corrected chi connectivity index (χ0v) is 12.0. The van der Waals surface area contributed by atoms with Gasteiger partial charge in [-0.2, -0.15) is 0 Å². The molecule has 2 aromatic carbocycles. The summed E-state index contributed by atoms with van der Waals surface area (Å²) in [6.07, 6.45) is 0. The Labute approximate surface area is 120 Å². The van der Waals surface area contributed by atoms with Crippen LogP contribution in [0.5, 0.6) is 0 Å². The lowest BCUT2D eigenvalue weighted by Crippen LogP contribution is -2.31. The smallest absolute Gasteiger partial charge is 0.129 e. The molecule has 0 aliphatic carbocycles. The number of nitrogens with two attached hydrogens (primary N) is 1. The zero-order valence-electron chi connectivity index (χ0n) is 12.0. The summed E-state index contributed by atoms with van der Waals surface area (Å²) in [4.78, 5) is 2.18. The molecule has 2 nitrogen and oxygen atoms in total. The largest absolute Gasteiger partial charge is 0.364 e. The molecule has 0 aliphatic rings. The quantitative estimate of drug-likeness (QED) is 0.899. The normalized spacial score (nSPS) is 10.8. The van der Waals surface area contributed by atoms with Gasteiger partial charge in [0, 0.05) is 30.4 Å². The van der Waals surface area contributed by atoms with Crippen molar-refractivity contribution in [2.24, 2.45) is 5.73 Å². The van der Waals surface area contributed by atoms with E-state index in [4.69, 9.17) is 5.73 Å². The average Bonchev–Trinajstić information content (AvgIpc) is 2.45. The summed E-state index contributed by atoms with van der Waals surface area (Å²) in [6, 6.07) is 15.6. The molecule has 0 heterocycles. The molecule has 0 saturated carbocycles. The second kappa shape index (κ2) is 6.53. The van der Waals surface area contributed by atoms with Gasteiger partial charge in [0.1, 0.15) is 5.82 Å². The van der Waals surface area contributed by atoms with Crippen molar-refractivity contribution in [3.05, 3.63) is 65.5 Å². The Kier molecular flexibility index (Phi) is 4.74. The van der Waals surface area contributed by atoms with Crippen molar-refractivity contribution >= 4 is 5.69 Å². The summed E-state index contributed by atoms with van der Waals surface area (Å²) in [5, 5.41) is 0. The minimum Gasteiger partial charge on any atom is -0.364 e. The molecule has 2 aromatic rings. The number of hydrogen-bond donors (Lipinski definition) is 1. The first-order valence-electron chi connectivity index (χ1n) is 6.91. The Morgan fingerprint density at radius 1 is 1.05 bits per heavy atom. The van der Waals surface area contributed by atoms with Crippen LogP contribution in [0.2, 0.25) is 0 Å². The van der Waals surface area contributed by atoms with Crippen LogP contribution < -0.4 is 10.6 Å². The van der Waals surface area contributed by atoms with E-state index in [1.807, 2.05) is 24.3 Å². The van der Waals surface area contributed by atoms with E-state index in [0.717, 1.165) is 12.2 Å². The van der Waals surface area contributed by atoms with Crippen LogP contribution in [-0.4, -0.2) is 6.04 Å². The Morgan fingerprint density at radius 3 is 2.35 bits per heavy atom. The van der Waals surface area contributed by atoms with Crippen molar-refractivity contribution < 1.29 is 4.39 Å². The van der Waals surface area contributed by atoms with Crippen molar-refractivity contribution in [1.29, 1.82) is 0 Å². The highest BCUT2D eigenvalue weighted by Crippen LogP contribution is 2.26. The maximum atomic E-state index is 13.9. The van der Waals surface area contributed by atoms with Gasteiger partial charge in [-0.25, -0.2) is 4.39 Å². The maximum absolute atomic E-state index is 13.9. The average molecular weight is 272 g/mol. The molecule has 2 rings (SSSR count). The number of anilines is 1. The summed E-state index contributed by atoms with van der Waals surface area (Å²) >= 11 is 0. The molecular formula is C17H21FN2. The fraction of sp³-hybridized carbons (Fsp3) is 0.294. The van der Waals surface area contributed by atoms with Crippen LogP contribution >= 0.6 is 0 Å². The van der Waals surface area contributed by atoms with E-state index >= 15 is 0 Å². The van der Waals surface area contributed by atoms with Crippen molar-refractivity contribution in [2.45, 2.75) is 33.0 Å². The van der Waals surface area contributed by atoms with Gasteiger partial charge in [0.05, 0.1) is 0 Å². The molecule has 106 valence electrons. The molecule has 2 N–H and O–H groups in total. The zero-order chi connectivity index (χ0) is 14.5. The van der Waals surface area contributed by atoms with Gasteiger partial charge in [-0.1, -0.05) is 36.4 Å². The van der Waals surface area contributed by atoms with Crippen LogP contribution in [0.3, 0.4) is 0 Å². The Bertz CT molecular complexity index is 552. The van der Waals surface area contributed by atoms with Crippen LogP contribution in [-0.2, 0) is 13.1 Å². The summed E-state index contributed by atoms with van der Waals surface area (Å²) in [7, 11) is 0. The fourth-order valence-corrected chi connectivity index (χ4v) is 2.34. The highest BCUT2D eigenvalue weighted by Gasteiger charge is 2.16. The molecule has 0 unspecified atom stereocenters. The lowest BCUT2D eigenvalue weighted by molar-refractivity contribution is 0.603. The monoisotopic (exact) mass is 272 g/mol. The maximum Gasteiger partial charge on any atom is 0.129 e. The SMILES string of the molecule is CC(C)N(Cc1ccccc1)c1cccc(F)c1CN. The van der Waals surface area contributed by atoms with Gasteiger partial charge in [-0.3, -0.25) is 0 Å². The molecular weight excluding hydrogens is 251 g/mol. The van der Waals surface area contributed by atoms with Crippen LogP contribution in [0.15, 0.2) is 48.5 Å². The van der Waals surface area contributed by atoms with Crippen molar-refractivity contribution in [3.63, 3.8) is 0 Å². The van der Waals surface area contributed by atoms with Gasteiger partial charge in [-0.05, 0) is 31.5 Å². The topological polar surface area (TPSA) is 29.3 Å². The number of benzene rings is 2. The third kappa shape index (κ3) is 3.17. The molecule has 0 atom stereocenters. The molecule has 20 heavy (non-hydrogen) atoms. The number of halogens is 1.